The zero-order valence-electron chi connectivity index (χ0n) is 7.24. The zero-order chi connectivity index (χ0) is 9.54. The van der Waals surface area contributed by atoms with Crippen molar-refractivity contribution >= 4 is 54.9 Å². The molecule has 0 spiro atoms. The second kappa shape index (κ2) is 3.36. The number of rotatable bonds is 0. The van der Waals surface area contributed by atoms with Crippen LogP contribution in [-0.2, 0) is 0 Å². The Bertz CT molecular complexity index is 530. The number of aromatic nitrogens is 1. The standard InChI is InChI=1S/C10H7BrNS2/c11-5-7-6-13-10-12(7)8-3-1-2-4-9(8)14-10/h1-5H,6H2/q+1. The first-order valence-corrected chi connectivity index (χ1v) is 6.98. The van der Waals surface area contributed by atoms with Gasteiger partial charge < -0.3 is 0 Å². The van der Waals surface area contributed by atoms with Crippen LogP contribution in [0.1, 0.15) is 0 Å². The van der Waals surface area contributed by atoms with Crippen molar-refractivity contribution in [3.63, 3.8) is 0 Å². The van der Waals surface area contributed by atoms with E-state index in [0.29, 0.717) is 0 Å². The average molecular weight is 285 g/mol. The van der Waals surface area contributed by atoms with Gasteiger partial charge in [0, 0.05) is 11.1 Å². The van der Waals surface area contributed by atoms with Gasteiger partial charge in [0.05, 0.1) is 5.75 Å². The highest BCUT2D eigenvalue weighted by Gasteiger charge is 2.31. The Kier molecular flexibility index (Phi) is 2.15. The predicted octanol–water partition coefficient (Wildman–Crippen LogP) is 3.49. The van der Waals surface area contributed by atoms with Crippen LogP contribution >= 0.6 is 39.0 Å². The first-order valence-electron chi connectivity index (χ1n) is 4.26. The lowest BCUT2D eigenvalue weighted by atomic mass is 10.3. The number of thioether (sulfide) groups is 1. The Hall–Kier alpha value is -0.320. The zero-order valence-corrected chi connectivity index (χ0v) is 10.5. The molecule has 0 amide bonds. The van der Waals surface area contributed by atoms with E-state index in [0.717, 1.165) is 5.75 Å². The summed E-state index contributed by atoms with van der Waals surface area (Å²) in [4.78, 5) is 2.02. The monoisotopic (exact) mass is 284 g/mol. The molecule has 1 aliphatic rings. The summed E-state index contributed by atoms with van der Waals surface area (Å²) in [6.45, 7) is 0. The first-order chi connectivity index (χ1) is 6.90. The number of nitrogens with zero attached hydrogens (tertiary/aromatic N) is 1. The van der Waals surface area contributed by atoms with Gasteiger partial charge in [0.25, 0.3) is 0 Å². The molecule has 2 heterocycles. The Labute approximate surface area is 98.6 Å². The molecule has 14 heavy (non-hydrogen) atoms. The predicted molar refractivity (Wildman–Crippen MR) is 65.9 cm³/mol. The molecule has 0 aliphatic carbocycles. The fourth-order valence-corrected chi connectivity index (χ4v) is 4.61. The van der Waals surface area contributed by atoms with Crippen LogP contribution < -0.4 is 4.57 Å². The molecular weight excluding hydrogens is 278 g/mol. The van der Waals surface area contributed by atoms with E-state index in [1.54, 1.807) is 0 Å². The Morgan fingerprint density at radius 2 is 2.21 bits per heavy atom. The molecule has 0 unspecified atom stereocenters. The third-order valence-corrected chi connectivity index (χ3v) is 5.17. The summed E-state index contributed by atoms with van der Waals surface area (Å²) >= 11 is 7.20. The van der Waals surface area contributed by atoms with Gasteiger partial charge in [0.15, 0.2) is 0 Å². The fraction of sp³-hybridized carbons (Fsp3) is 0.100. The van der Waals surface area contributed by atoms with Crippen molar-refractivity contribution in [3.8, 4) is 0 Å². The molecular formula is C10H7BrNS2+. The highest BCUT2D eigenvalue weighted by Crippen LogP contribution is 2.35. The molecule has 3 rings (SSSR count). The molecule has 0 atom stereocenters. The van der Waals surface area contributed by atoms with Crippen LogP contribution in [0, 0.1) is 0 Å². The molecule has 0 fully saturated rings. The normalized spacial score (nSPS) is 17.9. The van der Waals surface area contributed by atoms with Gasteiger partial charge in [-0.1, -0.05) is 39.4 Å². The summed E-state index contributed by atoms with van der Waals surface area (Å²) in [5.41, 5.74) is 2.66. The fourth-order valence-electron chi connectivity index (χ4n) is 1.61. The highest BCUT2D eigenvalue weighted by atomic mass is 79.9. The lowest BCUT2D eigenvalue weighted by Crippen LogP contribution is -2.29. The third-order valence-electron chi connectivity index (χ3n) is 2.24. The quantitative estimate of drug-likeness (QED) is 0.670. The summed E-state index contributed by atoms with van der Waals surface area (Å²) in [5.74, 6) is 1.07. The molecule has 1 aromatic heterocycles. The smallest absolute Gasteiger partial charge is 0.140 e. The van der Waals surface area contributed by atoms with Crippen molar-refractivity contribution in [2.24, 2.45) is 0 Å². The number of thiazole rings is 1. The van der Waals surface area contributed by atoms with Gasteiger partial charge in [-0.05, 0) is 17.8 Å². The Morgan fingerprint density at radius 3 is 3.07 bits per heavy atom. The molecule has 1 aliphatic heterocycles. The van der Waals surface area contributed by atoms with Crippen LogP contribution in [-0.4, -0.2) is 5.75 Å². The van der Waals surface area contributed by atoms with E-state index in [-0.39, 0.29) is 0 Å². The molecule has 0 saturated heterocycles. The molecule has 70 valence electrons. The Morgan fingerprint density at radius 1 is 1.36 bits per heavy atom. The van der Waals surface area contributed by atoms with Crippen molar-refractivity contribution in [1.29, 1.82) is 0 Å². The number of hydrogen-bond donors (Lipinski definition) is 0. The van der Waals surface area contributed by atoms with Crippen molar-refractivity contribution in [3.05, 3.63) is 29.3 Å². The Balaban J connectivity index is 2.40. The van der Waals surface area contributed by atoms with Crippen molar-refractivity contribution in [2.45, 2.75) is 4.34 Å². The maximum Gasteiger partial charge on any atom is 0.304 e. The number of fused-ring (bicyclic) bond motifs is 3. The van der Waals surface area contributed by atoms with Crippen molar-refractivity contribution in [2.75, 3.05) is 5.75 Å². The van der Waals surface area contributed by atoms with E-state index in [1.165, 1.54) is 20.3 Å². The summed E-state index contributed by atoms with van der Waals surface area (Å²) < 4.78 is 5.08. The van der Waals surface area contributed by atoms with E-state index in [4.69, 9.17) is 0 Å². The molecule has 1 aromatic carbocycles. The summed E-state index contributed by atoms with van der Waals surface area (Å²) in [7, 11) is 0. The topological polar surface area (TPSA) is 3.88 Å². The van der Waals surface area contributed by atoms with Gasteiger partial charge >= 0.3 is 4.34 Å². The molecule has 0 radical (unpaired) electrons. The van der Waals surface area contributed by atoms with Gasteiger partial charge in [0.2, 0.25) is 11.2 Å². The summed E-state index contributed by atoms with van der Waals surface area (Å²) in [5, 5.41) is 0. The lowest BCUT2D eigenvalue weighted by molar-refractivity contribution is -0.582. The second-order valence-corrected chi connectivity index (χ2v) is 5.77. The average Bonchev–Trinajstić information content (AvgIpc) is 2.75. The minimum atomic E-state index is 1.07. The van der Waals surface area contributed by atoms with E-state index in [1.807, 2.05) is 28.1 Å². The summed E-state index contributed by atoms with van der Waals surface area (Å²) in [6.07, 6.45) is 0. The van der Waals surface area contributed by atoms with Crippen molar-refractivity contribution in [1.82, 2.24) is 0 Å². The second-order valence-electron chi connectivity index (χ2n) is 3.06. The minimum Gasteiger partial charge on any atom is -0.140 e. The molecule has 0 N–H and O–H groups in total. The highest BCUT2D eigenvalue weighted by molar-refractivity contribution is 9.11. The van der Waals surface area contributed by atoms with Crippen LogP contribution in [0.25, 0.3) is 15.9 Å². The van der Waals surface area contributed by atoms with Crippen LogP contribution in [0.15, 0.2) is 33.6 Å². The molecule has 4 heteroatoms. The number of para-hydroxylation sites is 1. The lowest BCUT2D eigenvalue weighted by Gasteiger charge is -1.88. The van der Waals surface area contributed by atoms with Gasteiger partial charge in [-0.3, -0.25) is 0 Å². The molecule has 1 nitrogen and oxygen atoms in total. The summed E-state index contributed by atoms with van der Waals surface area (Å²) in [6, 6.07) is 8.55. The van der Waals surface area contributed by atoms with Crippen LogP contribution in [0.2, 0.25) is 0 Å². The molecule has 0 bridgehead atoms. The minimum absolute atomic E-state index is 1.07. The van der Waals surface area contributed by atoms with Gasteiger partial charge in [-0.25, -0.2) is 0 Å². The van der Waals surface area contributed by atoms with E-state index in [2.05, 4.69) is 44.8 Å². The molecule has 2 aromatic rings. The first kappa shape index (κ1) is 8.95. The van der Waals surface area contributed by atoms with Gasteiger partial charge in [0.1, 0.15) is 4.70 Å². The van der Waals surface area contributed by atoms with Gasteiger partial charge in [-0.2, -0.15) is 0 Å². The SMILES string of the molecule is BrC=C1CSc2sc3ccccc3[n+]21. The van der Waals surface area contributed by atoms with Crippen LogP contribution in [0.3, 0.4) is 0 Å². The number of halogens is 1. The molecule has 0 saturated carbocycles. The van der Waals surface area contributed by atoms with Crippen LogP contribution in [0.4, 0.5) is 0 Å². The van der Waals surface area contributed by atoms with E-state index < -0.39 is 0 Å². The van der Waals surface area contributed by atoms with E-state index in [9.17, 15) is 0 Å². The van der Waals surface area contributed by atoms with Crippen molar-refractivity contribution < 1.29 is 4.57 Å². The third kappa shape index (κ3) is 1.17. The number of benzene rings is 1. The van der Waals surface area contributed by atoms with Gasteiger partial charge in [-0.15, -0.1) is 4.57 Å². The largest absolute Gasteiger partial charge is 0.304 e. The van der Waals surface area contributed by atoms with Crippen LogP contribution in [0.5, 0.6) is 0 Å². The maximum atomic E-state index is 3.42. The number of hydrogen-bond acceptors (Lipinski definition) is 2. The van der Waals surface area contributed by atoms with E-state index >= 15 is 0 Å². The maximum absolute atomic E-state index is 3.42.